The Morgan fingerprint density at radius 2 is 1.90 bits per heavy atom. The Kier molecular flexibility index (Phi) is 6.19. The maximum absolute atomic E-state index is 12.8. The number of sulfonamides is 1. The summed E-state index contributed by atoms with van der Waals surface area (Å²) in [4.78, 5) is 17.0. The van der Waals surface area contributed by atoms with Gasteiger partial charge in [0.25, 0.3) is 15.9 Å². The number of carbonyl (C=O) groups is 1. The number of thiophene rings is 1. The normalized spacial score (nSPS) is 20.7. The van der Waals surface area contributed by atoms with Crippen molar-refractivity contribution in [2.45, 2.75) is 23.2 Å². The third kappa shape index (κ3) is 4.98. The van der Waals surface area contributed by atoms with E-state index in [2.05, 4.69) is 9.62 Å². The molecule has 1 atom stereocenters. The van der Waals surface area contributed by atoms with Crippen LogP contribution in [0, 0.1) is 0 Å². The molecule has 1 unspecified atom stereocenters. The van der Waals surface area contributed by atoms with Crippen LogP contribution < -0.4 is 4.72 Å². The molecule has 0 aliphatic carbocycles. The Morgan fingerprint density at radius 3 is 2.52 bits per heavy atom. The van der Waals surface area contributed by atoms with Gasteiger partial charge in [0, 0.05) is 50.6 Å². The molecule has 1 aromatic carbocycles. The molecule has 0 spiro atoms. The second-order valence-corrected chi connectivity index (χ2v) is 10.2. The molecule has 1 N–H and O–H groups in total. The molecule has 156 valence electrons. The van der Waals surface area contributed by atoms with E-state index in [1.165, 1.54) is 0 Å². The van der Waals surface area contributed by atoms with Crippen LogP contribution in [0.4, 0.5) is 5.69 Å². The number of nitrogens with zero attached hydrogens (tertiary/aromatic N) is 2. The minimum atomic E-state index is -3.58. The number of rotatable bonds is 6. The van der Waals surface area contributed by atoms with E-state index in [0.29, 0.717) is 30.4 Å². The number of amides is 1. The Bertz CT molecular complexity index is 915. The molecule has 0 bridgehead atoms. The SMILES string of the molecule is O=C(c1ccc(NS(=O)(=O)c2cccs2)cc1)N1CCN(CC2CCCO2)CC1. The predicted molar refractivity (Wildman–Crippen MR) is 113 cm³/mol. The van der Waals surface area contributed by atoms with Crippen molar-refractivity contribution in [3.63, 3.8) is 0 Å². The maximum Gasteiger partial charge on any atom is 0.271 e. The topological polar surface area (TPSA) is 79.0 Å². The summed E-state index contributed by atoms with van der Waals surface area (Å²) in [5.41, 5.74) is 1.01. The van der Waals surface area contributed by atoms with Crippen LogP contribution in [0.15, 0.2) is 46.0 Å². The Morgan fingerprint density at radius 1 is 1.14 bits per heavy atom. The summed E-state index contributed by atoms with van der Waals surface area (Å²) in [7, 11) is -3.58. The fourth-order valence-electron chi connectivity index (χ4n) is 3.70. The van der Waals surface area contributed by atoms with E-state index in [0.717, 1.165) is 50.4 Å². The van der Waals surface area contributed by atoms with Gasteiger partial charge in [-0.05, 0) is 48.6 Å². The van der Waals surface area contributed by atoms with Crippen molar-refractivity contribution in [3.8, 4) is 0 Å². The van der Waals surface area contributed by atoms with Crippen molar-refractivity contribution in [1.82, 2.24) is 9.80 Å². The Hall–Kier alpha value is -1.94. The fourth-order valence-corrected chi connectivity index (χ4v) is 5.75. The van der Waals surface area contributed by atoms with Crippen LogP contribution in [0.5, 0.6) is 0 Å². The molecule has 2 aromatic rings. The minimum absolute atomic E-state index is 0.0190. The number of ether oxygens (including phenoxy) is 1. The Labute approximate surface area is 175 Å². The molecule has 2 fully saturated rings. The first kappa shape index (κ1) is 20.3. The Balaban J connectivity index is 1.31. The molecule has 1 amide bonds. The first-order valence-electron chi connectivity index (χ1n) is 9.81. The van der Waals surface area contributed by atoms with Crippen LogP contribution in [0.3, 0.4) is 0 Å². The lowest BCUT2D eigenvalue weighted by Gasteiger charge is -2.35. The van der Waals surface area contributed by atoms with Gasteiger partial charge in [-0.3, -0.25) is 14.4 Å². The number of carbonyl (C=O) groups excluding carboxylic acids is 1. The van der Waals surface area contributed by atoms with Gasteiger partial charge in [-0.15, -0.1) is 11.3 Å². The highest BCUT2D eigenvalue weighted by Gasteiger charge is 2.25. The molecular formula is C20H25N3O4S2. The van der Waals surface area contributed by atoms with Gasteiger partial charge in [0.1, 0.15) is 4.21 Å². The average Bonchev–Trinajstić information content (AvgIpc) is 3.43. The van der Waals surface area contributed by atoms with Crippen molar-refractivity contribution < 1.29 is 17.9 Å². The smallest absolute Gasteiger partial charge is 0.271 e. The average molecular weight is 436 g/mol. The zero-order valence-electron chi connectivity index (χ0n) is 16.1. The highest BCUT2D eigenvalue weighted by molar-refractivity contribution is 7.94. The van der Waals surface area contributed by atoms with Gasteiger partial charge in [0.05, 0.1) is 6.10 Å². The number of piperazine rings is 1. The number of benzene rings is 1. The number of hydrogen-bond donors (Lipinski definition) is 1. The molecule has 0 saturated carbocycles. The maximum atomic E-state index is 12.8. The molecule has 2 aliphatic rings. The van der Waals surface area contributed by atoms with Gasteiger partial charge < -0.3 is 9.64 Å². The molecule has 1 aromatic heterocycles. The zero-order chi connectivity index (χ0) is 20.3. The van der Waals surface area contributed by atoms with Crippen molar-refractivity contribution in [2.24, 2.45) is 0 Å². The first-order chi connectivity index (χ1) is 14.0. The number of anilines is 1. The zero-order valence-corrected chi connectivity index (χ0v) is 17.8. The quantitative estimate of drug-likeness (QED) is 0.754. The molecule has 2 saturated heterocycles. The molecule has 29 heavy (non-hydrogen) atoms. The molecular weight excluding hydrogens is 410 g/mol. The lowest BCUT2D eigenvalue weighted by molar-refractivity contribution is 0.0433. The van der Waals surface area contributed by atoms with Gasteiger partial charge in [-0.2, -0.15) is 0 Å². The van der Waals surface area contributed by atoms with Crippen LogP contribution in [0.2, 0.25) is 0 Å². The van der Waals surface area contributed by atoms with Crippen molar-refractivity contribution in [1.29, 1.82) is 0 Å². The fraction of sp³-hybridized carbons (Fsp3) is 0.450. The minimum Gasteiger partial charge on any atom is -0.377 e. The van der Waals surface area contributed by atoms with E-state index in [1.807, 2.05) is 4.90 Å². The molecule has 0 radical (unpaired) electrons. The standard InChI is InChI=1S/C20H25N3O4S2/c24-20(23-11-9-22(10-12-23)15-18-3-1-13-27-18)16-5-7-17(8-6-16)21-29(25,26)19-4-2-14-28-19/h2,4-8,14,18,21H,1,3,9-13,15H2. The molecule has 4 rings (SSSR count). The summed E-state index contributed by atoms with van der Waals surface area (Å²) in [6, 6.07) is 9.86. The van der Waals surface area contributed by atoms with Crippen molar-refractivity contribution in [2.75, 3.05) is 44.1 Å². The van der Waals surface area contributed by atoms with Crippen LogP contribution in [-0.2, 0) is 14.8 Å². The van der Waals surface area contributed by atoms with Gasteiger partial charge in [0.2, 0.25) is 0 Å². The summed E-state index contributed by atoms with van der Waals surface area (Å²) >= 11 is 1.16. The van der Waals surface area contributed by atoms with Crippen LogP contribution in [0.25, 0.3) is 0 Å². The van der Waals surface area contributed by atoms with Crippen LogP contribution >= 0.6 is 11.3 Å². The number of hydrogen-bond acceptors (Lipinski definition) is 6. The molecule has 2 aliphatic heterocycles. The van der Waals surface area contributed by atoms with Crippen LogP contribution in [-0.4, -0.2) is 69.6 Å². The van der Waals surface area contributed by atoms with Gasteiger partial charge >= 0.3 is 0 Å². The molecule has 9 heteroatoms. The first-order valence-corrected chi connectivity index (χ1v) is 12.2. The summed E-state index contributed by atoms with van der Waals surface area (Å²) in [5.74, 6) is -0.0190. The molecule has 7 nitrogen and oxygen atoms in total. The van der Waals surface area contributed by atoms with Crippen molar-refractivity contribution in [3.05, 3.63) is 47.3 Å². The van der Waals surface area contributed by atoms with Gasteiger partial charge in [-0.25, -0.2) is 8.42 Å². The van der Waals surface area contributed by atoms with E-state index >= 15 is 0 Å². The van der Waals surface area contributed by atoms with E-state index in [4.69, 9.17) is 4.74 Å². The highest BCUT2D eigenvalue weighted by Crippen LogP contribution is 2.21. The predicted octanol–water partition coefficient (Wildman–Crippen LogP) is 2.49. The second kappa shape index (κ2) is 8.83. The monoisotopic (exact) mass is 435 g/mol. The van der Waals surface area contributed by atoms with Crippen LogP contribution in [0.1, 0.15) is 23.2 Å². The van der Waals surface area contributed by atoms with Gasteiger partial charge in [-0.1, -0.05) is 6.07 Å². The number of nitrogens with one attached hydrogen (secondary N) is 1. The van der Waals surface area contributed by atoms with Gasteiger partial charge in [0.15, 0.2) is 0 Å². The van der Waals surface area contributed by atoms with E-state index < -0.39 is 10.0 Å². The van der Waals surface area contributed by atoms with Crippen molar-refractivity contribution >= 4 is 33.0 Å². The summed E-state index contributed by atoms with van der Waals surface area (Å²) < 4.78 is 33.1. The molecule has 3 heterocycles. The summed E-state index contributed by atoms with van der Waals surface area (Å²) in [5, 5.41) is 1.72. The van der Waals surface area contributed by atoms with E-state index in [-0.39, 0.29) is 10.1 Å². The largest absolute Gasteiger partial charge is 0.377 e. The summed E-state index contributed by atoms with van der Waals surface area (Å²) in [6.07, 6.45) is 2.60. The lowest BCUT2D eigenvalue weighted by atomic mass is 10.1. The second-order valence-electron chi connectivity index (χ2n) is 7.34. The highest BCUT2D eigenvalue weighted by atomic mass is 32.2. The third-order valence-electron chi connectivity index (χ3n) is 5.29. The lowest BCUT2D eigenvalue weighted by Crippen LogP contribution is -2.50. The van der Waals surface area contributed by atoms with E-state index in [1.54, 1.807) is 41.8 Å². The summed E-state index contributed by atoms with van der Waals surface area (Å²) in [6.45, 7) is 4.90. The van der Waals surface area contributed by atoms with E-state index in [9.17, 15) is 13.2 Å². The third-order valence-corrected chi connectivity index (χ3v) is 8.07.